The smallest absolute Gasteiger partial charge is 0.296 e. The van der Waals surface area contributed by atoms with Crippen molar-refractivity contribution in [2.45, 2.75) is 39.0 Å². The number of ketones is 1. The first kappa shape index (κ1) is 33.9. The quantitative estimate of drug-likeness (QED) is 0.231. The number of anilines is 1. The number of benzene rings is 3. The van der Waals surface area contributed by atoms with Gasteiger partial charge in [-0.1, -0.05) is 45.0 Å². The van der Waals surface area contributed by atoms with Crippen molar-refractivity contribution in [3.05, 3.63) is 65.2 Å². The fourth-order valence-corrected chi connectivity index (χ4v) is 6.51. The summed E-state index contributed by atoms with van der Waals surface area (Å²) in [6, 6.07) is 14.5. The van der Waals surface area contributed by atoms with E-state index in [1.165, 1.54) is 20.0 Å². The molecule has 256 valence electrons. The van der Waals surface area contributed by atoms with E-state index in [4.69, 9.17) is 14.2 Å². The second-order valence-electron chi connectivity index (χ2n) is 14.1. The van der Waals surface area contributed by atoms with E-state index >= 15 is 0 Å². The van der Waals surface area contributed by atoms with Crippen molar-refractivity contribution in [1.29, 1.82) is 0 Å². The molecule has 10 nitrogen and oxygen atoms in total. The van der Waals surface area contributed by atoms with Crippen LogP contribution in [0.2, 0.25) is 0 Å². The molecule has 0 atom stereocenters. The maximum atomic E-state index is 14.0. The van der Waals surface area contributed by atoms with E-state index in [9.17, 15) is 14.4 Å². The van der Waals surface area contributed by atoms with Crippen LogP contribution in [0.1, 0.15) is 59.9 Å². The summed E-state index contributed by atoms with van der Waals surface area (Å²) in [6.07, 6.45) is 2.61. The van der Waals surface area contributed by atoms with Crippen LogP contribution >= 0.6 is 0 Å². The predicted molar refractivity (Wildman–Crippen MR) is 186 cm³/mol. The summed E-state index contributed by atoms with van der Waals surface area (Å²) in [7, 11) is 1.49. The van der Waals surface area contributed by atoms with Crippen molar-refractivity contribution >= 4 is 34.1 Å². The van der Waals surface area contributed by atoms with Gasteiger partial charge in [0.1, 0.15) is 12.4 Å². The molecule has 3 aliphatic rings. The number of nitrogens with zero attached hydrogens (tertiary/aromatic N) is 3. The van der Waals surface area contributed by atoms with Crippen LogP contribution in [0.4, 0.5) is 5.69 Å². The topological polar surface area (TPSA) is 101 Å². The lowest BCUT2D eigenvalue weighted by molar-refractivity contribution is -0.112. The van der Waals surface area contributed by atoms with Crippen molar-refractivity contribution in [3.8, 4) is 11.5 Å². The number of amides is 2. The van der Waals surface area contributed by atoms with Crippen LogP contribution in [-0.4, -0.2) is 112 Å². The largest absolute Gasteiger partial charge is 0.494 e. The molecule has 10 heteroatoms. The number of ether oxygens (including phenoxy) is 3. The van der Waals surface area contributed by atoms with Gasteiger partial charge in [0, 0.05) is 63.3 Å². The van der Waals surface area contributed by atoms with Gasteiger partial charge in [0.25, 0.3) is 17.6 Å². The number of Topliss-reactive ketones (excluding diaryl/α,β-unsaturated/α-hetero) is 1. The second-order valence-corrected chi connectivity index (χ2v) is 14.1. The highest BCUT2D eigenvalue weighted by Gasteiger charge is 2.31. The second kappa shape index (κ2) is 14.6. The SMILES string of the molecule is COc1c(NC(=O)C(=O)c2ccc(OCCN3CCOCC3)c3ccccc23)cc(C(C)(C)C)cc1C(=O)N1CCN(CC2CC2)CC1. The first-order chi connectivity index (χ1) is 23.1. The van der Waals surface area contributed by atoms with Crippen molar-refractivity contribution < 1.29 is 28.6 Å². The minimum Gasteiger partial charge on any atom is -0.494 e. The summed E-state index contributed by atoms with van der Waals surface area (Å²) in [5.41, 5.74) is 1.47. The third-order valence-corrected chi connectivity index (χ3v) is 9.61. The molecule has 2 amide bonds. The zero-order valence-electron chi connectivity index (χ0n) is 28.7. The Kier molecular flexibility index (Phi) is 10.3. The molecule has 0 bridgehead atoms. The predicted octanol–water partition coefficient (Wildman–Crippen LogP) is 4.85. The average Bonchev–Trinajstić information content (AvgIpc) is 3.92. The lowest BCUT2D eigenvalue weighted by Gasteiger charge is -2.35. The van der Waals surface area contributed by atoms with Gasteiger partial charge in [0.05, 0.1) is 31.6 Å². The van der Waals surface area contributed by atoms with Crippen LogP contribution in [0.25, 0.3) is 10.8 Å². The number of rotatable bonds is 11. The van der Waals surface area contributed by atoms with Gasteiger partial charge in [0.2, 0.25) is 0 Å². The maximum absolute atomic E-state index is 14.0. The number of fused-ring (bicyclic) bond motifs is 1. The number of nitrogens with one attached hydrogen (secondary N) is 1. The number of piperazine rings is 1. The Balaban J connectivity index is 1.21. The molecule has 0 spiro atoms. The maximum Gasteiger partial charge on any atom is 0.296 e. The zero-order chi connectivity index (χ0) is 33.8. The summed E-state index contributed by atoms with van der Waals surface area (Å²) in [5, 5.41) is 4.21. The Morgan fingerprint density at radius 3 is 2.25 bits per heavy atom. The van der Waals surface area contributed by atoms with Crippen molar-refractivity contribution in [3.63, 3.8) is 0 Å². The molecule has 1 saturated carbocycles. The highest BCUT2D eigenvalue weighted by Crippen LogP contribution is 2.37. The molecule has 2 aliphatic heterocycles. The van der Waals surface area contributed by atoms with Crippen LogP contribution < -0.4 is 14.8 Å². The Labute approximate surface area is 283 Å². The van der Waals surface area contributed by atoms with Crippen molar-refractivity contribution in [1.82, 2.24) is 14.7 Å². The van der Waals surface area contributed by atoms with Crippen molar-refractivity contribution in [2.75, 3.05) is 84.6 Å². The Hall–Kier alpha value is -3.99. The number of hydrogen-bond donors (Lipinski definition) is 1. The van der Waals surface area contributed by atoms with Crippen LogP contribution in [0.5, 0.6) is 11.5 Å². The summed E-state index contributed by atoms with van der Waals surface area (Å²) in [5.74, 6) is 0.0856. The lowest BCUT2D eigenvalue weighted by Crippen LogP contribution is -2.49. The summed E-state index contributed by atoms with van der Waals surface area (Å²) in [6.45, 7) is 14.7. The van der Waals surface area contributed by atoms with Gasteiger partial charge in [-0.15, -0.1) is 0 Å². The van der Waals surface area contributed by atoms with Crippen molar-refractivity contribution in [2.24, 2.45) is 5.92 Å². The standard InChI is InChI=1S/C38H48N4O6/c1-38(2,3)27-23-31(37(45)42-15-13-41(14-16-42)25-26-9-10-26)35(46-4)32(24-27)39-36(44)34(43)30-11-12-33(29-8-6-5-7-28(29)30)48-22-19-40-17-20-47-21-18-40/h5-8,11-12,23-24,26H,9-10,13-22,25H2,1-4H3,(H,39,44). The van der Waals surface area contributed by atoms with E-state index in [-0.39, 0.29) is 22.6 Å². The van der Waals surface area contributed by atoms with Gasteiger partial charge >= 0.3 is 0 Å². The minimum atomic E-state index is -0.808. The van der Waals surface area contributed by atoms with Gasteiger partial charge in [-0.3, -0.25) is 24.2 Å². The van der Waals surface area contributed by atoms with Gasteiger partial charge in [-0.2, -0.15) is 0 Å². The van der Waals surface area contributed by atoms with Crippen LogP contribution in [0.3, 0.4) is 0 Å². The van der Waals surface area contributed by atoms with Crippen LogP contribution in [-0.2, 0) is 14.9 Å². The summed E-state index contributed by atoms with van der Waals surface area (Å²) in [4.78, 5) is 48.0. The van der Waals surface area contributed by atoms with E-state index < -0.39 is 11.7 Å². The molecule has 3 aromatic rings. The molecule has 0 radical (unpaired) electrons. The molecule has 3 aromatic carbocycles. The van der Waals surface area contributed by atoms with Gasteiger partial charge in [-0.25, -0.2) is 0 Å². The number of morpholine rings is 1. The van der Waals surface area contributed by atoms with Gasteiger partial charge < -0.3 is 24.4 Å². The third kappa shape index (κ3) is 7.83. The van der Waals surface area contributed by atoms with Crippen LogP contribution in [0.15, 0.2) is 48.5 Å². The first-order valence-corrected chi connectivity index (χ1v) is 17.2. The molecular formula is C38H48N4O6. The zero-order valence-corrected chi connectivity index (χ0v) is 28.7. The van der Waals surface area contributed by atoms with E-state index in [0.29, 0.717) is 42.1 Å². The third-order valence-electron chi connectivity index (χ3n) is 9.61. The van der Waals surface area contributed by atoms with Gasteiger partial charge in [-0.05, 0) is 59.4 Å². The molecule has 0 unspecified atom stereocenters. The fraction of sp³-hybridized carbons (Fsp3) is 0.500. The molecule has 1 N–H and O–H groups in total. The monoisotopic (exact) mass is 656 g/mol. The highest BCUT2D eigenvalue weighted by atomic mass is 16.5. The normalized spacial score (nSPS) is 17.7. The number of methoxy groups -OCH3 is 1. The average molecular weight is 657 g/mol. The first-order valence-electron chi connectivity index (χ1n) is 17.2. The summed E-state index contributed by atoms with van der Waals surface area (Å²) < 4.78 is 17.4. The van der Waals surface area contributed by atoms with E-state index in [1.807, 2.05) is 56.0 Å². The fourth-order valence-electron chi connectivity index (χ4n) is 6.51. The molecule has 48 heavy (non-hydrogen) atoms. The Morgan fingerprint density at radius 2 is 1.58 bits per heavy atom. The van der Waals surface area contributed by atoms with Crippen LogP contribution in [0, 0.1) is 5.92 Å². The molecule has 6 rings (SSSR count). The Morgan fingerprint density at radius 1 is 0.875 bits per heavy atom. The van der Waals surface area contributed by atoms with E-state index in [1.54, 1.807) is 18.2 Å². The molecule has 2 heterocycles. The molecule has 2 saturated heterocycles. The lowest BCUT2D eigenvalue weighted by atomic mass is 9.85. The van der Waals surface area contributed by atoms with E-state index in [0.717, 1.165) is 69.3 Å². The highest BCUT2D eigenvalue weighted by molar-refractivity contribution is 6.48. The molecule has 0 aromatic heterocycles. The van der Waals surface area contributed by atoms with Gasteiger partial charge in [0.15, 0.2) is 5.75 Å². The molecule has 3 fully saturated rings. The Bertz CT molecular complexity index is 1650. The van der Waals surface area contributed by atoms with E-state index in [2.05, 4.69) is 15.1 Å². The number of carbonyl (C=O) groups is 3. The molecular weight excluding hydrogens is 608 g/mol. The minimum absolute atomic E-state index is 0.138. The number of hydrogen-bond acceptors (Lipinski definition) is 8. The number of carbonyl (C=O) groups excluding carboxylic acids is 3. The summed E-state index contributed by atoms with van der Waals surface area (Å²) >= 11 is 0. The molecule has 1 aliphatic carbocycles.